The first kappa shape index (κ1) is 20.2. The normalized spacial score (nSPS) is 17.7. The number of rotatable bonds is 5. The van der Waals surface area contributed by atoms with Crippen molar-refractivity contribution in [2.24, 2.45) is 0 Å². The number of piperazine rings is 1. The summed E-state index contributed by atoms with van der Waals surface area (Å²) in [5.41, 5.74) is 2.06. The fraction of sp³-hybridized carbons (Fsp3) is 0.429. The number of nitro groups is 1. The Kier molecular flexibility index (Phi) is 6.20. The maximum atomic E-state index is 12.7. The highest BCUT2D eigenvalue weighted by atomic mass is 16.6. The summed E-state index contributed by atoms with van der Waals surface area (Å²) in [5.74, 6) is -0.186. The van der Waals surface area contributed by atoms with Crippen molar-refractivity contribution < 1.29 is 14.5 Å². The van der Waals surface area contributed by atoms with Crippen molar-refractivity contribution in [3.63, 3.8) is 0 Å². The van der Waals surface area contributed by atoms with E-state index >= 15 is 0 Å². The fourth-order valence-electron chi connectivity index (χ4n) is 3.92. The molecule has 0 spiro atoms. The minimum Gasteiger partial charge on any atom is -0.378 e. The first-order valence-electron chi connectivity index (χ1n) is 10.1. The van der Waals surface area contributed by atoms with Crippen molar-refractivity contribution in [2.75, 3.05) is 57.4 Å². The van der Waals surface area contributed by atoms with Crippen molar-refractivity contribution in [3.05, 3.63) is 64.0 Å². The molecule has 30 heavy (non-hydrogen) atoms. The Balaban J connectivity index is 1.45. The van der Waals surface area contributed by atoms with Crippen LogP contribution in [0, 0.1) is 10.1 Å². The van der Waals surface area contributed by atoms with Gasteiger partial charge >= 0.3 is 0 Å². The highest BCUT2D eigenvalue weighted by Gasteiger charge is 2.27. The Morgan fingerprint density at radius 1 is 1.10 bits per heavy atom. The monoisotopic (exact) mass is 411 g/mol. The van der Waals surface area contributed by atoms with Crippen LogP contribution in [0.15, 0.2) is 42.7 Å². The smallest absolute Gasteiger partial charge is 0.293 e. The van der Waals surface area contributed by atoms with Crippen LogP contribution in [0.3, 0.4) is 0 Å². The van der Waals surface area contributed by atoms with E-state index in [1.165, 1.54) is 6.07 Å². The number of hydrogen-bond donors (Lipinski definition) is 0. The molecule has 1 aromatic heterocycles. The topological polar surface area (TPSA) is 92.0 Å². The number of carbonyl (C=O) groups excluding carboxylic acids is 1. The van der Waals surface area contributed by atoms with E-state index in [9.17, 15) is 14.9 Å². The molecule has 2 fully saturated rings. The van der Waals surface area contributed by atoms with E-state index < -0.39 is 4.92 Å². The second kappa shape index (κ2) is 9.19. The molecule has 1 amide bonds. The van der Waals surface area contributed by atoms with Crippen LogP contribution in [0.4, 0.5) is 11.4 Å². The van der Waals surface area contributed by atoms with Gasteiger partial charge in [-0.3, -0.25) is 24.8 Å². The van der Waals surface area contributed by atoms with E-state index in [0.717, 1.165) is 25.2 Å². The number of ether oxygens (including phenoxy) is 1. The molecule has 9 nitrogen and oxygen atoms in total. The van der Waals surface area contributed by atoms with Crippen molar-refractivity contribution >= 4 is 17.3 Å². The standard InChI is InChI=1S/C21H25N5O4/c27-21(25-10-12-30-13-11-25)18-3-4-19(20(14-18)26(28)29)24-8-6-23(7-9-24)16-17-2-1-5-22-15-17/h1-5,14-15H,6-13,16H2. The lowest BCUT2D eigenvalue weighted by Gasteiger charge is -2.35. The van der Waals surface area contributed by atoms with Crippen molar-refractivity contribution in [1.82, 2.24) is 14.8 Å². The number of hydrogen-bond acceptors (Lipinski definition) is 7. The summed E-state index contributed by atoms with van der Waals surface area (Å²) in [5, 5.41) is 11.7. The Morgan fingerprint density at radius 2 is 1.87 bits per heavy atom. The van der Waals surface area contributed by atoms with Crippen LogP contribution in [0.25, 0.3) is 0 Å². The Labute approximate surface area is 175 Å². The van der Waals surface area contributed by atoms with Crippen LogP contribution in [-0.2, 0) is 11.3 Å². The quantitative estimate of drug-likeness (QED) is 0.547. The average molecular weight is 411 g/mol. The summed E-state index contributed by atoms with van der Waals surface area (Å²) < 4.78 is 5.28. The molecule has 4 rings (SSSR count). The molecule has 0 radical (unpaired) electrons. The molecule has 158 valence electrons. The number of nitro benzene ring substituents is 1. The van der Waals surface area contributed by atoms with E-state index in [2.05, 4.69) is 16.0 Å². The zero-order chi connectivity index (χ0) is 20.9. The van der Waals surface area contributed by atoms with Gasteiger partial charge in [-0.25, -0.2) is 0 Å². The van der Waals surface area contributed by atoms with Crippen LogP contribution in [0.2, 0.25) is 0 Å². The molecule has 0 unspecified atom stereocenters. The number of morpholine rings is 1. The van der Waals surface area contributed by atoms with Gasteiger partial charge < -0.3 is 14.5 Å². The van der Waals surface area contributed by atoms with Gasteiger partial charge in [0.05, 0.1) is 18.1 Å². The lowest BCUT2D eigenvalue weighted by molar-refractivity contribution is -0.384. The van der Waals surface area contributed by atoms with Gasteiger partial charge in [-0.2, -0.15) is 0 Å². The predicted molar refractivity (Wildman–Crippen MR) is 112 cm³/mol. The summed E-state index contributed by atoms with van der Waals surface area (Å²) in [4.78, 5) is 34.2. The average Bonchev–Trinajstić information content (AvgIpc) is 2.80. The van der Waals surface area contributed by atoms with E-state index in [0.29, 0.717) is 50.6 Å². The number of nitrogens with zero attached hydrogens (tertiary/aromatic N) is 5. The second-order valence-corrected chi connectivity index (χ2v) is 7.49. The molecule has 2 saturated heterocycles. The number of aromatic nitrogens is 1. The summed E-state index contributed by atoms with van der Waals surface area (Å²) >= 11 is 0. The van der Waals surface area contributed by atoms with E-state index in [1.54, 1.807) is 23.2 Å². The zero-order valence-corrected chi connectivity index (χ0v) is 16.8. The molecular formula is C21H25N5O4. The molecular weight excluding hydrogens is 386 g/mol. The van der Waals surface area contributed by atoms with Crippen LogP contribution >= 0.6 is 0 Å². The lowest BCUT2D eigenvalue weighted by Crippen LogP contribution is -2.46. The number of pyridine rings is 1. The van der Waals surface area contributed by atoms with Gasteiger partial charge in [0.25, 0.3) is 11.6 Å². The molecule has 0 saturated carbocycles. The maximum Gasteiger partial charge on any atom is 0.293 e. The van der Waals surface area contributed by atoms with Gasteiger partial charge in [-0.05, 0) is 23.8 Å². The second-order valence-electron chi connectivity index (χ2n) is 7.49. The fourth-order valence-corrected chi connectivity index (χ4v) is 3.92. The zero-order valence-electron chi connectivity index (χ0n) is 16.8. The summed E-state index contributed by atoms with van der Waals surface area (Å²) in [6, 6.07) is 8.79. The predicted octanol–water partition coefficient (Wildman–Crippen LogP) is 1.78. The molecule has 0 aliphatic carbocycles. The lowest BCUT2D eigenvalue weighted by atomic mass is 10.1. The van der Waals surface area contributed by atoms with Crippen molar-refractivity contribution in [2.45, 2.75) is 6.54 Å². The van der Waals surface area contributed by atoms with Gasteiger partial charge in [-0.15, -0.1) is 0 Å². The molecule has 0 bridgehead atoms. The molecule has 2 aromatic rings. The van der Waals surface area contributed by atoms with E-state index in [4.69, 9.17) is 4.74 Å². The highest BCUT2D eigenvalue weighted by molar-refractivity contribution is 5.96. The van der Waals surface area contributed by atoms with E-state index in [-0.39, 0.29) is 11.6 Å². The SMILES string of the molecule is O=C(c1ccc(N2CCN(Cc3cccnc3)CC2)c([N+](=O)[O-])c1)N1CCOCC1. The number of benzene rings is 1. The Hall–Kier alpha value is -3.04. The van der Waals surface area contributed by atoms with Crippen LogP contribution in [0.5, 0.6) is 0 Å². The largest absolute Gasteiger partial charge is 0.378 e. The first-order valence-corrected chi connectivity index (χ1v) is 10.1. The van der Waals surface area contributed by atoms with Crippen molar-refractivity contribution in [3.8, 4) is 0 Å². The number of amides is 1. The van der Waals surface area contributed by atoms with Crippen LogP contribution in [-0.4, -0.2) is 78.1 Å². The molecule has 2 aliphatic heterocycles. The van der Waals surface area contributed by atoms with Crippen molar-refractivity contribution in [1.29, 1.82) is 0 Å². The molecule has 1 aromatic carbocycles. The minimum atomic E-state index is -0.395. The third-order valence-electron chi connectivity index (χ3n) is 5.56. The summed E-state index contributed by atoms with van der Waals surface area (Å²) in [7, 11) is 0. The summed E-state index contributed by atoms with van der Waals surface area (Å²) in [6.45, 7) is 5.82. The summed E-state index contributed by atoms with van der Waals surface area (Å²) in [6.07, 6.45) is 3.62. The Morgan fingerprint density at radius 3 is 2.53 bits per heavy atom. The van der Waals surface area contributed by atoms with Gasteiger partial charge in [0.15, 0.2) is 0 Å². The molecule has 0 N–H and O–H groups in total. The Bertz CT molecular complexity index is 894. The molecule has 0 atom stereocenters. The van der Waals surface area contributed by atoms with Crippen LogP contribution < -0.4 is 4.90 Å². The molecule has 9 heteroatoms. The van der Waals surface area contributed by atoms with Crippen LogP contribution in [0.1, 0.15) is 15.9 Å². The maximum absolute atomic E-state index is 12.7. The molecule has 2 aliphatic rings. The number of anilines is 1. The third kappa shape index (κ3) is 4.58. The van der Waals surface area contributed by atoms with E-state index in [1.807, 2.05) is 17.2 Å². The first-order chi connectivity index (χ1) is 14.6. The van der Waals surface area contributed by atoms with Gasteiger partial charge in [0.2, 0.25) is 0 Å². The number of carbonyl (C=O) groups is 1. The van der Waals surface area contributed by atoms with Gasteiger partial charge in [-0.1, -0.05) is 6.07 Å². The minimum absolute atomic E-state index is 0.0187. The third-order valence-corrected chi connectivity index (χ3v) is 5.56. The molecule has 3 heterocycles. The highest BCUT2D eigenvalue weighted by Crippen LogP contribution is 2.30. The van der Waals surface area contributed by atoms with Gasteiger partial charge in [0.1, 0.15) is 5.69 Å². The van der Waals surface area contributed by atoms with Gasteiger partial charge in [0, 0.05) is 69.8 Å².